The number of hydrogen-bond donors (Lipinski definition) is 1. The van der Waals surface area contributed by atoms with Gasteiger partial charge in [-0.1, -0.05) is 18.0 Å². The molecule has 8 heteroatoms. The predicted molar refractivity (Wildman–Crippen MR) is 71.3 cm³/mol. The smallest absolute Gasteiger partial charge is 0.352 e. The van der Waals surface area contributed by atoms with Gasteiger partial charge in [0.05, 0.1) is 5.92 Å². The fraction of sp³-hybridized carbons (Fsp3) is 0.786. The minimum absolute atomic E-state index is 0.0359. The Hall–Kier alpha value is -1.57. The second-order valence-corrected chi connectivity index (χ2v) is 6.23. The zero-order chi connectivity index (χ0) is 16.0. The monoisotopic (exact) mass is 315 g/mol. The van der Waals surface area contributed by atoms with Crippen molar-refractivity contribution in [2.75, 3.05) is 13.1 Å². The summed E-state index contributed by atoms with van der Waals surface area (Å²) in [5.41, 5.74) is -2.21. The number of alkyl halides is 2. The molecule has 1 saturated heterocycles. The van der Waals surface area contributed by atoms with Crippen LogP contribution in [0.1, 0.15) is 49.7 Å². The molecule has 1 aliphatic heterocycles. The van der Waals surface area contributed by atoms with Crippen LogP contribution in [0.4, 0.5) is 8.78 Å². The third-order valence-electron chi connectivity index (χ3n) is 4.65. The van der Waals surface area contributed by atoms with Crippen LogP contribution in [0.5, 0.6) is 0 Å². The molecule has 2 aliphatic rings. The van der Waals surface area contributed by atoms with Crippen LogP contribution in [0.15, 0.2) is 4.52 Å². The Bertz CT molecular complexity index is 569. The molecule has 0 radical (unpaired) electrons. The number of halogens is 2. The molecule has 22 heavy (non-hydrogen) atoms. The Morgan fingerprint density at radius 3 is 2.73 bits per heavy atom. The first-order valence-corrected chi connectivity index (χ1v) is 7.53. The maximum absolute atomic E-state index is 14.4. The SMILES string of the molecule is Cc1noc(C2CCN(C(=O)C(F)(F)C3(O)CCCC3)C2)n1. The zero-order valence-electron chi connectivity index (χ0n) is 12.4. The molecule has 2 fully saturated rings. The average Bonchev–Trinajstić information content (AvgIpc) is 3.18. The van der Waals surface area contributed by atoms with Crippen molar-refractivity contribution in [2.24, 2.45) is 0 Å². The molecule has 0 bridgehead atoms. The van der Waals surface area contributed by atoms with Crippen LogP contribution >= 0.6 is 0 Å². The highest BCUT2D eigenvalue weighted by Crippen LogP contribution is 2.43. The van der Waals surface area contributed by atoms with Gasteiger partial charge in [0.15, 0.2) is 5.82 Å². The number of aliphatic hydroxyl groups is 1. The van der Waals surface area contributed by atoms with Gasteiger partial charge in [-0.15, -0.1) is 0 Å². The van der Waals surface area contributed by atoms with Crippen LogP contribution in [-0.4, -0.2) is 50.7 Å². The minimum Gasteiger partial charge on any atom is -0.383 e. The van der Waals surface area contributed by atoms with Gasteiger partial charge in [-0.2, -0.15) is 13.8 Å². The lowest BCUT2D eigenvalue weighted by Crippen LogP contribution is -2.56. The van der Waals surface area contributed by atoms with Gasteiger partial charge < -0.3 is 14.5 Å². The van der Waals surface area contributed by atoms with Gasteiger partial charge >= 0.3 is 5.92 Å². The average molecular weight is 315 g/mol. The summed E-state index contributed by atoms with van der Waals surface area (Å²) in [7, 11) is 0. The highest BCUT2D eigenvalue weighted by molar-refractivity contribution is 5.85. The summed E-state index contributed by atoms with van der Waals surface area (Å²) in [5, 5.41) is 13.8. The van der Waals surface area contributed by atoms with E-state index in [0.29, 0.717) is 31.0 Å². The molecular weight excluding hydrogens is 296 g/mol. The molecule has 1 atom stereocenters. The van der Waals surface area contributed by atoms with E-state index in [1.54, 1.807) is 6.92 Å². The third kappa shape index (κ3) is 2.39. The molecule has 1 N–H and O–H groups in total. The highest BCUT2D eigenvalue weighted by atomic mass is 19.3. The lowest BCUT2D eigenvalue weighted by Gasteiger charge is -2.33. The summed E-state index contributed by atoms with van der Waals surface area (Å²) in [6, 6.07) is 0. The van der Waals surface area contributed by atoms with Gasteiger partial charge in [0.25, 0.3) is 5.91 Å². The van der Waals surface area contributed by atoms with Crippen molar-refractivity contribution in [1.82, 2.24) is 15.0 Å². The van der Waals surface area contributed by atoms with Crippen molar-refractivity contribution in [1.29, 1.82) is 0 Å². The largest absolute Gasteiger partial charge is 0.383 e. The number of carbonyl (C=O) groups is 1. The topological polar surface area (TPSA) is 79.5 Å². The highest BCUT2D eigenvalue weighted by Gasteiger charge is 2.60. The van der Waals surface area contributed by atoms with Crippen molar-refractivity contribution in [2.45, 2.75) is 56.5 Å². The molecule has 1 aromatic heterocycles. The number of aryl methyl sites for hydroxylation is 1. The lowest BCUT2D eigenvalue weighted by atomic mass is 9.92. The van der Waals surface area contributed by atoms with E-state index in [2.05, 4.69) is 10.1 Å². The Labute approximate surface area is 126 Å². The van der Waals surface area contributed by atoms with Crippen molar-refractivity contribution in [3.63, 3.8) is 0 Å². The standard InChI is InChI=1S/C14H19F2N3O3/c1-9-17-11(22-18-9)10-4-7-19(8-10)12(20)14(15,16)13(21)5-2-3-6-13/h10,21H,2-8H2,1H3. The molecular formula is C14H19F2N3O3. The van der Waals surface area contributed by atoms with Crippen LogP contribution in [0.25, 0.3) is 0 Å². The number of nitrogens with zero attached hydrogens (tertiary/aromatic N) is 3. The third-order valence-corrected chi connectivity index (χ3v) is 4.65. The van der Waals surface area contributed by atoms with E-state index in [1.807, 2.05) is 0 Å². The van der Waals surface area contributed by atoms with Crippen LogP contribution in [-0.2, 0) is 4.79 Å². The molecule has 1 saturated carbocycles. The van der Waals surface area contributed by atoms with Crippen molar-refractivity contribution in [3.05, 3.63) is 11.7 Å². The maximum Gasteiger partial charge on any atom is 0.352 e. The number of hydrogen-bond acceptors (Lipinski definition) is 5. The van der Waals surface area contributed by atoms with Gasteiger partial charge in [0, 0.05) is 13.1 Å². The van der Waals surface area contributed by atoms with Crippen molar-refractivity contribution >= 4 is 5.91 Å². The summed E-state index contributed by atoms with van der Waals surface area (Å²) in [6.45, 7) is 2.00. The molecule has 0 spiro atoms. The molecule has 2 heterocycles. The van der Waals surface area contributed by atoms with Gasteiger partial charge in [0.1, 0.15) is 5.60 Å². The summed E-state index contributed by atoms with van der Waals surface area (Å²) in [4.78, 5) is 17.4. The molecule has 0 aromatic carbocycles. The van der Waals surface area contributed by atoms with Crippen molar-refractivity contribution < 1.29 is 23.2 Å². The van der Waals surface area contributed by atoms with E-state index in [4.69, 9.17) is 4.52 Å². The molecule has 3 rings (SSSR count). The van der Waals surface area contributed by atoms with E-state index < -0.39 is 17.4 Å². The summed E-state index contributed by atoms with van der Waals surface area (Å²) >= 11 is 0. The van der Waals surface area contributed by atoms with Crippen LogP contribution in [0.3, 0.4) is 0 Å². The molecule has 1 aromatic rings. The Balaban J connectivity index is 1.71. The number of likely N-dealkylation sites (tertiary alicyclic amines) is 1. The van der Waals surface area contributed by atoms with E-state index in [9.17, 15) is 18.7 Å². The first-order valence-electron chi connectivity index (χ1n) is 7.53. The lowest BCUT2D eigenvalue weighted by molar-refractivity contribution is -0.199. The summed E-state index contributed by atoms with van der Waals surface area (Å²) < 4.78 is 33.8. The van der Waals surface area contributed by atoms with E-state index in [1.165, 1.54) is 0 Å². The van der Waals surface area contributed by atoms with Crippen LogP contribution in [0.2, 0.25) is 0 Å². The second kappa shape index (κ2) is 5.26. The van der Waals surface area contributed by atoms with Gasteiger partial charge in [-0.3, -0.25) is 4.79 Å². The fourth-order valence-electron chi connectivity index (χ4n) is 3.30. The van der Waals surface area contributed by atoms with E-state index in [0.717, 1.165) is 4.90 Å². The van der Waals surface area contributed by atoms with Gasteiger partial charge in [-0.25, -0.2) is 0 Å². The quantitative estimate of drug-likeness (QED) is 0.917. The number of rotatable bonds is 3. The number of aromatic nitrogens is 2. The minimum atomic E-state index is -3.75. The van der Waals surface area contributed by atoms with Gasteiger partial charge in [-0.05, 0) is 26.2 Å². The van der Waals surface area contributed by atoms with Crippen LogP contribution in [0, 0.1) is 6.92 Å². The summed E-state index contributed by atoms with van der Waals surface area (Å²) in [6.07, 6.45) is 1.46. The Morgan fingerprint density at radius 2 is 2.14 bits per heavy atom. The normalized spacial score (nSPS) is 24.9. The first kappa shape index (κ1) is 15.3. The molecule has 6 nitrogen and oxygen atoms in total. The molecule has 1 amide bonds. The van der Waals surface area contributed by atoms with E-state index in [-0.39, 0.29) is 31.8 Å². The van der Waals surface area contributed by atoms with Crippen molar-refractivity contribution in [3.8, 4) is 0 Å². The predicted octanol–water partition coefficient (Wildman–Crippen LogP) is 1.63. The number of amides is 1. The first-order chi connectivity index (χ1) is 10.3. The fourth-order valence-corrected chi connectivity index (χ4v) is 3.30. The van der Waals surface area contributed by atoms with Gasteiger partial charge in [0.2, 0.25) is 5.89 Å². The molecule has 122 valence electrons. The number of carbonyl (C=O) groups excluding carboxylic acids is 1. The van der Waals surface area contributed by atoms with E-state index >= 15 is 0 Å². The summed E-state index contributed by atoms with van der Waals surface area (Å²) in [5.74, 6) is -4.42. The Morgan fingerprint density at radius 1 is 1.45 bits per heavy atom. The maximum atomic E-state index is 14.4. The second-order valence-electron chi connectivity index (χ2n) is 6.23. The molecule has 1 unspecified atom stereocenters. The molecule has 1 aliphatic carbocycles. The Kier molecular flexibility index (Phi) is 3.66. The van der Waals surface area contributed by atoms with Crippen LogP contribution < -0.4 is 0 Å². The zero-order valence-corrected chi connectivity index (χ0v) is 12.4.